The third-order valence-corrected chi connectivity index (χ3v) is 6.89. The molecule has 2 aromatic carbocycles. The molecule has 0 N–H and O–H groups in total. The number of fused-ring (bicyclic) bond motifs is 1. The average Bonchev–Trinajstić information content (AvgIpc) is 3.53. The van der Waals surface area contributed by atoms with Crippen molar-refractivity contribution in [1.82, 2.24) is 9.78 Å². The van der Waals surface area contributed by atoms with Crippen molar-refractivity contribution in [3.63, 3.8) is 0 Å². The molecule has 1 saturated heterocycles. The number of thioether (sulfide) groups is 2. The summed E-state index contributed by atoms with van der Waals surface area (Å²) in [6.45, 7) is 0.664. The van der Waals surface area contributed by atoms with Crippen LogP contribution >= 0.6 is 23.5 Å². The molecule has 2 aromatic heterocycles. The second-order valence-corrected chi connectivity index (χ2v) is 8.86. The standard InChI is InChI=1S/C21H17N3O4S2/c25-24(26)15-11-17-19(18(12-15)30-13-16-7-4-8-27-16)20(21-28-9-10-29-21)22-23(17)14-5-2-1-3-6-14/h1-8,11-12,21H,9-10,13H2/t21-/m0/s1. The second kappa shape index (κ2) is 8.17. The van der Waals surface area contributed by atoms with Gasteiger partial charge >= 0.3 is 0 Å². The number of para-hydroxylation sites is 1. The van der Waals surface area contributed by atoms with Crippen LogP contribution in [0.4, 0.5) is 5.69 Å². The van der Waals surface area contributed by atoms with Crippen LogP contribution in [-0.2, 0) is 10.5 Å². The highest BCUT2D eigenvalue weighted by Crippen LogP contribution is 2.43. The molecule has 1 atom stereocenters. The molecule has 0 saturated carbocycles. The van der Waals surface area contributed by atoms with Crippen molar-refractivity contribution in [2.75, 3.05) is 12.4 Å². The first-order chi connectivity index (χ1) is 14.7. The van der Waals surface area contributed by atoms with Gasteiger partial charge in [-0.05, 0) is 24.3 Å². The minimum Gasteiger partial charge on any atom is -0.468 e. The Kier molecular flexibility index (Phi) is 5.24. The molecule has 0 bridgehead atoms. The molecule has 7 nitrogen and oxygen atoms in total. The van der Waals surface area contributed by atoms with Gasteiger partial charge in [0.05, 0.1) is 34.8 Å². The van der Waals surface area contributed by atoms with Gasteiger partial charge in [0.25, 0.3) is 5.69 Å². The van der Waals surface area contributed by atoms with Gasteiger partial charge in [-0.2, -0.15) is 5.10 Å². The Morgan fingerprint density at radius 3 is 2.80 bits per heavy atom. The van der Waals surface area contributed by atoms with Crippen LogP contribution in [0.25, 0.3) is 16.6 Å². The zero-order chi connectivity index (χ0) is 20.5. The number of rotatable bonds is 6. The summed E-state index contributed by atoms with van der Waals surface area (Å²) in [5.41, 5.74) is 2.19. The average molecular weight is 440 g/mol. The molecular weight excluding hydrogens is 422 g/mol. The molecular formula is C21H17N3O4S2. The fourth-order valence-corrected chi connectivity index (χ4v) is 5.37. The molecule has 9 heteroatoms. The van der Waals surface area contributed by atoms with E-state index >= 15 is 0 Å². The maximum atomic E-state index is 11.7. The Hall–Kier alpha value is -2.75. The van der Waals surface area contributed by atoms with E-state index in [-0.39, 0.29) is 16.0 Å². The fourth-order valence-electron chi connectivity index (χ4n) is 3.43. The summed E-state index contributed by atoms with van der Waals surface area (Å²) in [5, 5.41) is 17.4. The highest BCUT2D eigenvalue weighted by atomic mass is 32.2. The van der Waals surface area contributed by atoms with Crippen LogP contribution in [0.15, 0.2) is 70.2 Å². The number of ether oxygens (including phenoxy) is 1. The Bertz CT molecular complexity index is 1190. The van der Waals surface area contributed by atoms with Gasteiger partial charge in [-0.15, -0.1) is 23.5 Å². The molecule has 0 aliphatic carbocycles. The summed E-state index contributed by atoms with van der Waals surface area (Å²) in [4.78, 5) is 12.1. The monoisotopic (exact) mass is 439 g/mol. The van der Waals surface area contributed by atoms with Crippen molar-refractivity contribution in [2.24, 2.45) is 0 Å². The van der Waals surface area contributed by atoms with E-state index in [1.165, 1.54) is 11.8 Å². The van der Waals surface area contributed by atoms with Crippen molar-refractivity contribution < 1.29 is 14.1 Å². The van der Waals surface area contributed by atoms with Gasteiger partial charge in [0.2, 0.25) is 0 Å². The number of furan rings is 1. The van der Waals surface area contributed by atoms with E-state index in [0.29, 0.717) is 17.9 Å². The summed E-state index contributed by atoms with van der Waals surface area (Å²) in [6.07, 6.45) is 1.63. The van der Waals surface area contributed by atoms with Crippen LogP contribution in [0.1, 0.15) is 16.9 Å². The second-order valence-electron chi connectivity index (χ2n) is 6.67. The predicted octanol–water partition coefficient (Wildman–Crippen LogP) is 5.58. The zero-order valence-electron chi connectivity index (χ0n) is 15.8. The van der Waals surface area contributed by atoms with Gasteiger partial charge in [-0.25, -0.2) is 4.68 Å². The van der Waals surface area contributed by atoms with Gasteiger partial charge in [0.15, 0.2) is 0 Å². The number of nitro benzene ring substituents is 1. The topological polar surface area (TPSA) is 83.3 Å². The summed E-state index contributed by atoms with van der Waals surface area (Å²) in [5.74, 6) is 2.27. The molecule has 5 rings (SSSR count). The maximum Gasteiger partial charge on any atom is 0.272 e. The lowest BCUT2D eigenvalue weighted by atomic mass is 10.2. The normalized spacial score (nSPS) is 16.3. The lowest BCUT2D eigenvalue weighted by molar-refractivity contribution is -0.384. The lowest BCUT2D eigenvalue weighted by Gasteiger charge is -2.08. The molecule has 30 heavy (non-hydrogen) atoms. The van der Waals surface area contributed by atoms with E-state index in [1.807, 2.05) is 42.5 Å². The molecule has 152 valence electrons. The first-order valence-corrected chi connectivity index (χ1v) is 11.4. The number of non-ortho nitro benzene ring substituents is 1. The Labute approximate surface area is 180 Å². The predicted molar refractivity (Wildman–Crippen MR) is 117 cm³/mol. The molecule has 1 aliphatic heterocycles. The first-order valence-electron chi connectivity index (χ1n) is 9.35. The van der Waals surface area contributed by atoms with Crippen LogP contribution in [-0.4, -0.2) is 27.1 Å². The number of nitro groups is 1. The molecule has 0 amide bonds. The van der Waals surface area contributed by atoms with E-state index in [9.17, 15) is 10.1 Å². The molecule has 1 aliphatic rings. The third-order valence-electron chi connectivity index (χ3n) is 4.76. The first kappa shape index (κ1) is 19.2. The van der Waals surface area contributed by atoms with Crippen molar-refractivity contribution >= 4 is 40.1 Å². The molecule has 0 spiro atoms. The van der Waals surface area contributed by atoms with E-state index in [4.69, 9.17) is 14.3 Å². The third kappa shape index (κ3) is 3.60. The Morgan fingerprint density at radius 1 is 1.23 bits per heavy atom. The van der Waals surface area contributed by atoms with Gasteiger partial charge in [0.1, 0.15) is 16.9 Å². The summed E-state index contributed by atoms with van der Waals surface area (Å²) >= 11 is 3.20. The van der Waals surface area contributed by atoms with Gasteiger partial charge in [0, 0.05) is 28.2 Å². The molecule has 0 unspecified atom stereocenters. The van der Waals surface area contributed by atoms with Gasteiger partial charge in [-0.3, -0.25) is 10.1 Å². The smallest absolute Gasteiger partial charge is 0.272 e. The van der Waals surface area contributed by atoms with E-state index in [0.717, 1.165) is 33.2 Å². The quantitative estimate of drug-likeness (QED) is 0.220. The maximum absolute atomic E-state index is 11.7. The number of aromatic nitrogens is 2. The highest BCUT2D eigenvalue weighted by molar-refractivity contribution is 7.99. The SMILES string of the molecule is O=[N+]([O-])c1cc(SCc2ccco2)c2c([C@H]3OCCS3)nn(-c3ccccc3)c2c1. The van der Waals surface area contributed by atoms with Crippen LogP contribution in [0.2, 0.25) is 0 Å². The summed E-state index contributed by atoms with van der Waals surface area (Å²) in [7, 11) is 0. The van der Waals surface area contributed by atoms with Gasteiger partial charge < -0.3 is 9.15 Å². The van der Waals surface area contributed by atoms with Crippen LogP contribution < -0.4 is 0 Å². The molecule has 1 fully saturated rings. The minimum atomic E-state index is -0.362. The lowest BCUT2D eigenvalue weighted by Crippen LogP contribution is -1.99. The van der Waals surface area contributed by atoms with E-state index in [1.54, 1.807) is 34.8 Å². The van der Waals surface area contributed by atoms with Gasteiger partial charge in [-0.1, -0.05) is 18.2 Å². The number of hydrogen-bond donors (Lipinski definition) is 0. The number of hydrogen-bond acceptors (Lipinski definition) is 7. The number of benzene rings is 2. The minimum absolute atomic E-state index is 0.0352. The van der Waals surface area contributed by atoms with Crippen LogP contribution in [0.3, 0.4) is 0 Å². The summed E-state index contributed by atoms with van der Waals surface area (Å²) < 4.78 is 13.1. The Morgan fingerprint density at radius 2 is 2.10 bits per heavy atom. The molecule has 3 heterocycles. The van der Waals surface area contributed by atoms with E-state index in [2.05, 4.69) is 0 Å². The number of nitrogens with zero attached hydrogens (tertiary/aromatic N) is 3. The van der Waals surface area contributed by atoms with Crippen molar-refractivity contribution in [2.45, 2.75) is 16.1 Å². The largest absolute Gasteiger partial charge is 0.468 e. The van der Waals surface area contributed by atoms with Crippen molar-refractivity contribution in [3.05, 3.63) is 82.4 Å². The highest BCUT2D eigenvalue weighted by Gasteiger charge is 2.28. The van der Waals surface area contributed by atoms with Crippen molar-refractivity contribution in [3.8, 4) is 5.69 Å². The summed E-state index contributed by atoms with van der Waals surface area (Å²) in [6, 6.07) is 16.6. The molecule has 4 aromatic rings. The van der Waals surface area contributed by atoms with E-state index < -0.39 is 0 Å². The van der Waals surface area contributed by atoms with Crippen LogP contribution in [0, 0.1) is 10.1 Å². The fraction of sp³-hybridized carbons (Fsp3) is 0.190. The van der Waals surface area contributed by atoms with Crippen LogP contribution in [0.5, 0.6) is 0 Å². The van der Waals surface area contributed by atoms with Crippen molar-refractivity contribution in [1.29, 1.82) is 0 Å². The zero-order valence-corrected chi connectivity index (χ0v) is 17.4. The molecule has 0 radical (unpaired) electrons. The Balaban J connectivity index is 1.71.